The highest BCUT2D eigenvalue weighted by molar-refractivity contribution is 5.75. The first-order valence-electron chi connectivity index (χ1n) is 11.4. The molecule has 176 valence electrons. The highest BCUT2D eigenvalue weighted by atomic mass is 16.5. The first kappa shape index (κ1) is 26.9. The number of hydrogen-bond acceptors (Lipinski definition) is 3. The molecule has 1 rings (SSSR count). The van der Waals surface area contributed by atoms with Gasteiger partial charge in [0.1, 0.15) is 0 Å². The van der Waals surface area contributed by atoms with E-state index < -0.39 is 5.97 Å². The van der Waals surface area contributed by atoms with Gasteiger partial charge in [0, 0.05) is 19.8 Å². The quantitative estimate of drug-likeness (QED) is 0.258. The van der Waals surface area contributed by atoms with Gasteiger partial charge in [-0.1, -0.05) is 43.2 Å². The van der Waals surface area contributed by atoms with Crippen LogP contribution in [0, 0.1) is 0 Å². The van der Waals surface area contributed by atoms with Crippen molar-refractivity contribution in [2.75, 3.05) is 47.4 Å². The Morgan fingerprint density at radius 3 is 2.26 bits per heavy atom. The number of aliphatic carboxylic acids is 1. The van der Waals surface area contributed by atoms with Gasteiger partial charge >= 0.3 is 12.0 Å². The molecule has 2 amide bonds. The van der Waals surface area contributed by atoms with Crippen LogP contribution in [0.2, 0.25) is 0 Å². The number of likely N-dealkylation sites (N-methyl/N-ethyl adjacent to an activating group) is 1. The van der Waals surface area contributed by atoms with Crippen LogP contribution in [0.15, 0.2) is 30.3 Å². The number of aryl methyl sites for hydroxylation is 1. The number of carboxylic acid groups (broad SMARTS) is 1. The van der Waals surface area contributed by atoms with Crippen molar-refractivity contribution in [3.05, 3.63) is 35.9 Å². The van der Waals surface area contributed by atoms with E-state index in [1.165, 1.54) is 5.56 Å². The highest BCUT2D eigenvalue weighted by Crippen LogP contribution is 2.05. The van der Waals surface area contributed by atoms with Crippen LogP contribution in [0.25, 0.3) is 0 Å². The van der Waals surface area contributed by atoms with Crippen molar-refractivity contribution in [2.24, 2.45) is 0 Å². The Balaban J connectivity index is 1.96. The number of hydrogen-bond donors (Lipinski definition) is 3. The first-order valence-corrected chi connectivity index (χ1v) is 11.4. The molecule has 0 radical (unpaired) electrons. The Labute approximate surface area is 187 Å². The molecule has 31 heavy (non-hydrogen) atoms. The van der Waals surface area contributed by atoms with Crippen LogP contribution < -0.4 is 10.6 Å². The van der Waals surface area contributed by atoms with E-state index in [0.29, 0.717) is 17.6 Å². The molecular formula is C24H42N3O4+. The van der Waals surface area contributed by atoms with Crippen LogP contribution in [0.1, 0.15) is 50.5 Å². The van der Waals surface area contributed by atoms with E-state index in [1.54, 1.807) is 0 Å². The second-order valence-electron chi connectivity index (χ2n) is 9.14. The maximum absolute atomic E-state index is 12.0. The van der Waals surface area contributed by atoms with E-state index >= 15 is 0 Å². The number of nitrogens with zero attached hydrogens (tertiary/aromatic N) is 1. The normalized spacial score (nSPS) is 12.4. The van der Waals surface area contributed by atoms with Crippen LogP contribution in [0.5, 0.6) is 0 Å². The van der Waals surface area contributed by atoms with E-state index in [9.17, 15) is 9.59 Å². The Bertz CT molecular complexity index is 617. The minimum Gasteiger partial charge on any atom is -0.481 e. The molecule has 1 aromatic carbocycles. The number of carbonyl (C=O) groups excluding carboxylic acids is 1. The van der Waals surface area contributed by atoms with Gasteiger partial charge in [0.05, 0.1) is 40.2 Å². The Hall–Kier alpha value is -2.12. The smallest absolute Gasteiger partial charge is 0.315 e. The summed E-state index contributed by atoms with van der Waals surface area (Å²) >= 11 is 0. The van der Waals surface area contributed by atoms with Gasteiger partial charge in [0.2, 0.25) is 0 Å². The molecule has 0 aliphatic rings. The summed E-state index contributed by atoms with van der Waals surface area (Å²) in [5.41, 5.74) is 1.38. The number of nitrogens with one attached hydrogen (secondary N) is 2. The number of unbranched alkanes of at least 4 members (excludes halogenated alkanes) is 4. The van der Waals surface area contributed by atoms with Gasteiger partial charge in [0.15, 0.2) is 0 Å². The second-order valence-corrected chi connectivity index (χ2v) is 9.14. The van der Waals surface area contributed by atoms with Crippen molar-refractivity contribution in [3.8, 4) is 0 Å². The van der Waals surface area contributed by atoms with Crippen LogP contribution in [-0.4, -0.2) is 75.1 Å². The standard InChI is InChI=1S/C24H41N3O4/c1-27(2,3)20-22(19-23(28)29)26-24(30)25-16-10-4-5-11-17-31-18-12-9-15-21-13-7-6-8-14-21/h6-8,13-14,22H,4-5,9-12,15-20H2,1-3H3,(H2-,25,26,28,29,30)/p+1/t22-/m1/s1. The zero-order chi connectivity index (χ0) is 23.0. The Morgan fingerprint density at radius 1 is 0.968 bits per heavy atom. The minimum atomic E-state index is -0.905. The summed E-state index contributed by atoms with van der Waals surface area (Å²) in [6.45, 7) is 2.77. The fraction of sp³-hybridized carbons (Fsp3) is 0.667. The molecule has 3 N–H and O–H groups in total. The molecule has 1 aromatic rings. The summed E-state index contributed by atoms with van der Waals surface area (Å²) < 4.78 is 6.29. The fourth-order valence-corrected chi connectivity index (χ4v) is 3.43. The van der Waals surface area contributed by atoms with E-state index in [4.69, 9.17) is 9.84 Å². The monoisotopic (exact) mass is 436 g/mol. The van der Waals surface area contributed by atoms with Crippen molar-refractivity contribution in [3.63, 3.8) is 0 Å². The molecule has 0 bridgehead atoms. The van der Waals surface area contributed by atoms with E-state index in [-0.39, 0.29) is 18.5 Å². The van der Waals surface area contributed by atoms with Gasteiger partial charge in [-0.3, -0.25) is 4.79 Å². The summed E-state index contributed by atoms with van der Waals surface area (Å²) in [7, 11) is 5.93. The minimum absolute atomic E-state index is 0.0742. The summed E-state index contributed by atoms with van der Waals surface area (Å²) in [6.07, 6.45) is 7.33. The van der Waals surface area contributed by atoms with Gasteiger partial charge in [-0.2, -0.15) is 0 Å². The third-order valence-corrected chi connectivity index (χ3v) is 4.87. The van der Waals surface area contributed by atoms with Crippen molar-refractivity contribution in [1.82, 2.24) is 10.6 Å². The number of carbonyl (C=O) groups is 2. The van der Waals surface area contributed by atoms with Gasteiger partial charge in [-0.15, -0.1) is 0 Å². The molecule has 0 fully saturated rings. The van der Waals surface area contributed by atoms with E-state index in [2.05, 4.69) is 34.9 Å². The molecule has 0 saturated carbocycles. The lowest BCUT2D eigenvalue weighted by atomic mass is 10.1. The van der Waals surface area contributed by atoms with Crippen LogP contribution >= 0.6 is 0 Å². The first-order chi connectivity index (χ1) is 14.8. The number of benzene rings is 1. The SMILES string of the molecule is C[N+](C)(C)C[C@@H](CC(=O)O)NC(=O)NCCCCCCOCCCCc1ccccc1. The number of amides is 2. The number of urea groups is 1. The molecule has 0 aliphatic carbocycles. The molecule has 0 heterocycles. The average molecular weight is 437 g/mol. The lowest BCUT2D eigenvalue weighted by molar-refractivity contribution is -0.871. The molecule has 7 heteroatoms. The van der Waals surface area contributed by atoms with Crippen molar-refractivity contribution < 1.29 is 23.9 Å². The van der Waals surface area contributed by atoms with Crippen LogP contribution in [0.3, 0.4) is 0 Å². The third-order valence-electron chi connectivity index (χ3n) is 4.87. The summed E-state index contributed by atoms with van der Waals surface area (Å²) in [5, 5.41) is 14.6. The second kappa shape index (κ2) is 15.6. The largest absolute Gasteiger partial charge is 0.481 e. The molecule has 0 saturated heterocycles. The van der Waals surface area contributed by atoms with Gasteiger partial charge < -0.3 is 25.0 Å². The predicted octanol–water partition coefficient (Wildman–Crippen LogP) is 3.44. The van der Waals surface area contributed by atoms with Crippen LogP contribution in [0.4, 0.5) is 4.79 Å². The lowest BCUT2D eigenvalue weighted by Gasteiger charge is -2.29. The number of carboxylic acids is 1. The molecule has 0 spiro atoms. The molecular weight excluding hydrogens is 394 g/mol. The topological polar surface area (TPSA) is 87.7 Å². The lowest BCUT2D eigenvalue weighted by Crippen LogP contribution is -2.52. The highest BCUT2D eigenvalue weighted by Gasteiger charge is 2.22. The summed E-state index contributed by atoms with van der Waals surface area (Å²) in [4.78, 5) is 23.0. The maximum atomic E-state index is 12.0. The van der Waals surface area contributed by atoms with Crippen molar-refractivity contribution in [1.29, 1.82) is 0 Å². The molecule has 7 nitrogen and oxygen atoms in total. The molecule has 0 aliphatic heterocycles. The summed E-state index contributed by atoms with van der Waals surface area (Å²) in [6, 6.07) is 9.86. The number of quaternary nitrogens is 1. The predicted molar refractivity (Wildman–Crippen MR) is 124 cm³/mol. The van der Waals surface area contributed by atoms with Crippen LogP contribution in [-0.2, 0) is 16.0 Å². The van der Waals surface area contributed by atoms with Gasteiger partial charge in [-0.05, 0) is 37.7 Å². The van der Waals surface area contributed by atoms with Gasteiger partial charge in [-0.25, -0.2) is 4.79 Å². The number of rotatable bonds is 17. The Morgan fingerprint density at radius 2 is 1.61 bits per heavy atom. The fourth-order valence-electron chi connectivity index (χ4n) is 3.43. The zero-order valence-corrected chi connectivity index (χ0v) is 19.6. The zero-order valence-electron chi connectivity index (χ0n) is 19.6. The van der Waals surface area contributed by atoms with Crippen molar-refractivity contribution >= 4 is 12.0 Å². The molecule has 1 atom stereocenters. The van der Waals surface area contributed by atoms with E-state index in [0.717, 1.165) is 58.2 Å². The van der Waals surface area contributed by atoms with E-state index in [1.807, 2.05) is 27.2 Å². The average Bonchev–Trinajstić information content (AvgIpc) is 2.67. The molecule has 0 unspecified atom stereocenters. The Kier molecular flexibility index (Phi) is 13.6. The third kappa shape index (κ3) is 16.3. The summed E-state index contributed by atoms with van der Waals surface area (Å²) in [5.74, 6) is -0.905. The number of ether oxygens (including phenoxy) is 1. The van der Waals surface area contributed by atoms with Crippen molar-refractivity contribution in [2.45, 2.75) is 57.4 Å². The molecule has 0 aromatic heterocycles. The maximum Gasteiger partial charge on any atom is 0.315 e. The van der Waals surface area contributed by atoms with Gasteiger partial charge in [0.25, 0.3) is 0 Å².